The van der Waals surface area contributed by atoms with Gasteiger partial charge in [-0.3, -0.25) is 19.9 Å². The Morgan fingerprint density at radius 3 is 0.828 bits per heavy atom. The van der Waals surface area contributed by atoms with Crippen molar-refractivity contribution in [2.24, 2.45) is 0 Å². The van der Waals surface area contributed by atoms with Crippen LogP contribution in [-0.4, -0.2) is 47.1 Å². The number of benzene rings is 6. The molecule has 0 unspecified atom stereocenters. The van der Waals surface area contributed by atoms with Crippen LogP contribution in [0.3, 0.4) is 0 Å². The van der Waals surface area contributed by atoms with Gasteiger partial charge >= 0.3 is 0 Å². The van der Waals surface area contributed by atoms with E-state index in [4.69, 9.17) is 19.9 Å². The predicted octanol–water partition coefficient (Wildman–Crippen LogP) is 11.9. The minimum atomic E-state index is 0.630. The van der Waals surface area contributed by atoms with Crippen LogP contribution in [0.2, 0.25) is 0 Å². The molecule has 0 bridgehead atoms. The van der Waals surface area contributed by atoms with Gasteiger partial charge in [0.25, 0.3) is 0 Å². The minimum Gasteiger partial charge on any atom is -0.371 e. The predicted molar refractivity (Wildman–Crippen MR) is 266 cm³/mol. The summed E-state index contributed by atoms with van der Waals surface area (Å²) >= 11 is 0. The van der Waals surface area contributed by atoms with Crippen molar-refractivity contribution in [2.75, 3.05) is 46.8 Å². The van der Waals surface area contributed by atoms with Crippen molar-refractivity contribution in [1.82, 2.24) is 19.9 Å². The number of para-hydroxylation sites is 8. The van der Waals surface area contributed by atoms with Crippen LogP contribution in [0.5, 0.6) is 0 Å². The fourth-order valence-electron chi connectivity index (χ4n) is 8.67. The van der Waals surface area contributed by atoms with Gasteiger partial charge in [0, 0.05) is 48.7 Å². The number of likely N-dealkylation sites (N-methyl/N-ethyl adjacent to an activating group) is 2. The highest BCUT2D eigenvalue weighted by Gasteiger charge is 2.20. The Bertz CT molecular complexity index is 2840. The van der Waals surface area contributed by atoms with Crippen LogP contribution >= 0.6 is 0 Å². The van der Waals surface area contributed by atoms with E-state index in [9.17, 15) is 0 Å². The topological polar surface area (TPSA) is 64.5 Å². The number of aromatic nitrogens is 4. The molecular weight excluding hydrogens is 785 g/mol. The van der Waals surface area contributed by atoms with Crippen LogP contribution in [0.4, 0.5) is 22.7 Å². The molecule has 0 aliphatic heterocycles. The maximum atomic E-state index is 5.11. The minimum absolute atomic E-state index is 0.630. The van der Waals surface area contributed by atoms with E-state index in [1.807, 2.05) is 0 Å². The van der Waals surface area contributed by atoms with Gasteiger partial charge in [0.1, 0.15) is 0 Å². The summed E-state index contributed by atoms with van der Waals surface area (Å²) in [6.45, 7) is 4.10. The standard InChI is InChI=1S/C56H50N8/c1-61(53-23-11-13-25-55(53)63(37-45-31-27-41-15-3-7-19-49(41)57-45)38-46-32-28-42-16-4-8-20-50(42)58-46)35-36-62(2)54-24-12-14-26-56(54)64(39-47-33-29-43-17-5-9-21-51(43)59-47)40-48-34-30-44-18-6-10-22-52(44)60-48/h3-34H,35-40H2,1-2H3. The highest BCUT2D eigenvalue weighted by Crippen LogP contribution is 2.34. The fraction of sp³-hybridized carbons (Fsp3) is 0.143. The number of rotatable bonds is 15. The first-order valence-electron chi connectivity index (χ1n) is 22.0. The van der Waals surface area contributed by atoms with Crippen LogP contribution in [-0.2, 0) is 26.2 Å². The molecule has 0 saturated carbocycles. The van der Waals surface area contributed by atoms with Gasteiger partial charge in [-0.2, -0.15) is 0 Å². The number of hydrogen-bond donors (Lipinski definition) is 0. The van der Waals surface area contributed by atoms with Crippen molar-refractivity contribution in [2.45, 2.75) is 26.2 Å². The molecule has 0 aliphatic carbocycles. The Kier molecular flexibility index (Phi) is 11.5. The molecule has 64 heavy (non-hydrogen) atoms. The summed E-state index contributed by atoms with van der Waals surface area (Å²) < 4.78 is 0. The molecule has 0 amide bonds. The third-order valence-corrected chi connectivity index (χ3v) is 12.1. The molecule has 314 valence electrons. The zero-order valence-corrected chi connectivity index (χ0v) is 36.3. The average molecular weight is 835 g/mol. The molecule has 8 nitrogen and oxygen atoms in total. The van der Waals surface area contributed by atoms with Crippen LogP contribution < -0.4 is 19.6 Å². The van der Waals surface area contributed by atoms with Gasteiger partial charge in [-0.15, -0.1) is 0 Å². The number of nitrogens with zero attached hydrogens (tertiary/aromatic N) is 8. The Hall–Kier alpha value is -7.84. The maximum absolute atomic E-state index is 5.11. The smallest absolute Gasteiger partial charge is 0.0706 e. The van der Waals surface area contributed by atoms with Crippen LogP contribution in [0.1, 0.15) is 22.8 Å². The highest BCUT2D eigenvalue weighted by molar-refractivity contribution is 5.81. The zero-order chi connectivity index (χ0) is 43.2. The second-order valence-electron chi connectivity index (χ2n) is 16.5. The first-order chi connectivity index (χ1) is 31.5. The van der Waals surface area contributed by atoms with Gasteiger partial charge in [0.2, 0.25) is 0 Å². The van der Waals surface area contributed by atoms with E-state index < -0.39 is 0 Å². The van der Waals surface area contributed by atoms with Crippen molar-refractivity contribution in [3.8, 4) is 0 Å². The van der Waals surface area contributed by atoms with Gasteiger partial charge in [0.15, 0.2) is 0 Å². The largest absolute Gasteiger partial charge is 0.371 e. The lowest BCUT2D eigenvalue weighted by molar-refractivity contribution is 0.758. The summed E-state index contributed by atoms with van der Waals surface area (Å²) in [5.74, 6) is 0. The summed E-state index contributed by atoms with van der Waals surface area (Å²) in [5, 5.41) is 4.55. The van der Waals surface area contributed by atoms with Crippen LogP contribution in [0.15, 0.2) is 194 Å². The highest BCUT2D eigenvalue weighted by atomic mass is 15.2. The third-order valence-electron chi connectivity index (χ3n) is 12.1. The molecule has 0 radical (unpaired) electrons. The third kappa shape index (κ3) is 8.90. The van der Waals surface area contributed by atoms with Gasteiger partial charge in [-0.05, 0) is 72.8 Å². The molecule has 0 fully saturated rings. The summed E-state index contributed by atoms with van der Waals surface area (Å²) in [4.78, 5) is 30.0. The Morgan fingerprint density at radius 1 is 0.281 bits per heavy atom. The molecule has 0 atom stereocenters. The zero-order valence-electron chi connectivity index (χ0n) is 36.3. The van der Waals surface area contributed by atoms with Gasteiger partial charge in [-0.25, -0.2) is 0 Å². The molecular formula is C56H50N8. The summed E-state index contributed by atoms with van der Waals surface area (Å²) in [6, 6.07) is 68.0. The molecule has 0 N–H and O–H groups in total. The molecule has 4 heterocycles. The second kappa shape index (κ2) is 18.2. The molecule has 10 aromatic rings. The van der Waals surface area contributed by atoms with Crippen LogP contribution in [0, 0.1) is 0 Å². The van der Waals surface area contributed by atoms with Crippen molar-refractivity contribution in [1.29, 1.82) is 0 Å². The quantitative estimate of drug-likeness (QED) is 0.101. The molecule has 10 rings (SSSR count). The monoisotopic (exact) mass is 834 g/mol. The number of pyridine rings is 4. The summed E-state index contributed by atoms with van der Waals surface area (Å²) in [6.07, 6.45) is 0. The van der Waals surface area contributed by atoms with Crippen molar-refractivity contribution < 1.29 is 0 Å². The van der Waals surface area contributed by atoms with E-state index in [-0.39, 0.29) is 0 Å². The van der Waals surface area contributed by atoms with Crippen LogP contribution in [0.25, 0.3) is 43.6 Å². The molecule has 4 aromatic heterocycles. The van der Waals surface area contributed by atoms with Crippen molar-refractivity contribution >= 4 is 66.4 Å². The maximum Gasteiger partial charge on any atom is 0.0706 e. The Balaban J connectivity index is 0.930. The lowest BCUT2D eigenvalue weighted by Gasteiger charge is -2.33. The second-order valence-corrected chi connectivity index (χ2v) is 16.5. The van der Waals surface area contributed by atoms with E-state index in [1.165, 1.54) is 0 Å². The molecule has 8 heteroatoms. The van der Waals surface area contributed by atoms with E-state index in [1.54, 1.807) is 0 Å². The van der Waals surface area contributed by atoms with Gasteiger partial charge in [-0.1, -0.05) is 121 Å². The van der Waals surface area contributed by atoms with E-state index in [0.717, 1.165) is 102 Å². The Morgan fingerprint density at radius 2 is 0.531 bits per heavy atom. The summed E-state index contributed by atoms with van der Waals surface area (Å²) in [7, 11) is 4.39. The lowest BCUT2D eigenvalue weighted by Crippen LogP contribution is -2.33. The molecule has 0 saturated heterocycles. The summed E-state index contributed by atoms with van der Waals surface area (Å²) in [5.41, 5.74) is 12.6. The first kappa shape index (κ1) is 40.2. The van der Waals surface area contributed by atoms with Crippen molar-refractivity contribution in [3.63, 3.8) is 0 Å². The average Bonchev–Trinajstić information content (AvgIpc) is 3.35. The molecule has 0 aliphatic rings. The van der Waals surface area contributed by atoms with Crippen molar-refractivity contribution in [3.05, 3.63) is 217 Å². The van der Waals surface area contributed by atoms with Gasteiger partial charge < -0.3 is 19.6 Å². The first-order valence-corrected chi connectivity index (χ1v) is 22.0. The van der Waals surface area contributed by atoms with E-state index >= 15 is 0 Å². The lowest BCUT2D eigenvalue weighted by atomic mass is 10.1. The number of anilines is 4. The molecule has 6 aromatic carbocycles. The van der Waals surface area contributed by atoms with E-state index in [0.29, 0.717) is 26.2 Å². The fourth-order valence-corrected chi connectivity index (χ4v) is 8.67. The van der Waals surface area contributed by atoms with Gasteiger partial charge in [0.05, 0.1) is 93.8 Å². The molecule has 0 spiro atoms. The Labute approximate surface area is 374 Å². The van der Waals surface area contributed by atoms with E-state index in [2.05, 4.69) is 228 Å². The SMILES string of the molecule is CN(CCN(C)c1ccccc1N(Cc1ccc2ccccc2n1)Cc1ccc2ccccc2n1)c1ccccc1N(Cc1ccc2ccccc2n1)Cc1ccc2ccccc2n1. The normalized spacial score (nSPS) is 11.3. The number of fused-ring (bicyclic) bond motifs is 4. The number of hydrogen-bond acceptors (Lipinski definition) is 8.